The van der Waals surface area contributed by atoms with Crippen LogP contribution in [0.1, 0.15) is 60.9 Å². The number of nitrogens with one attached hydrogen (secondary N) is 3. The fourth-order valence-corrected chi connectivity index (χ4v) is 5.34. The Balaban J connectivity index is 1.57. The number of carbonyl (C=O) groups excluding carboxylic acids is 2. The molecular formula is C28H38N4O4. The Labute approximate surface area is 213 Å². The van der Waals surface area contributed by atoms with Crippen LogP contribution >= 0.6 is 0 Å². The predicted molar refractivity (Wildman–Crippen MR) is 138 cm³/mol. The molecule has 2 aromatic rings. The highest BCUT2D eigenvalue weighted by Crippen LogP contribution is 2.40. The molecule has 0 spiro atoms. The molecule has 1 aliphatic heterocycles. The number of carbonyl (C=O) groups is 2. The standard InChI is InChI=1S/C28H38N4O4/c1-36-19-11-12-20-22(15-19)24-16-23(20)30-13-7-3-6-10-21(27(29)34)28(35)32-25(26(33)17-31-24)14-18-8-4-2-5-9-18/h2,4-5,8-9,11-12,15,21,23-26,30-31,33H,3,6-7,10,13-14,16-17H2,1H3,(H2,29,34)(H,32,35)/t21-,23?,24-,25-,26+/m0/s1. The number of β-amino-alcohol motifs (C(OH)–C–C–N with tert-alkyl or cyclic N) is 1. The predicted octanol–water partition coefficient (Wildman–Crippen LogP) is 2.12. The van der Waals surface area contributed by atoms with Gasteiger partial charge in [-0.15, -0.1) is 0 Å². The Bertz CT molecular complexity index is 1030. The van der Waals surface area contributed by atoms with Crippen LogP contribution in [0, 0.1) is 5.92 Å². The summed E-state index contributed by atoms with van der Waals surface area (Å²) in [5.74, 6) is -1.14. The topological polar surface area (TPSA) is 126 Å². The SMILES string of the molecule is COc1ccc2c(c1)[C@@H]1CC2NCCCCC[C@@H](C(N)=O)C(=O)N[C@@H](Cc2ccccc2)[C@H](O)CN1. The van der Waals surface area contributed by atoms with Crippen LogP contribution in [0.4, 0.5) is 0 Å². The van der Waals surface area contributed by atoms with Gasteiger partial charge in [-0.2, -0.15) is 0 Å². The molecule has 0 radical (unpaired) electrons. The van der Waals surface area contributed by atoms with Gasteiger partial charge in [-0.3, -0.25) is 9.59 Å². The van der Waals surface area contributed by atoms with Gasteiger partial charge in [0.15, 0.2) is 0 Å². The van der Waals surface area contributed by atoms with Crippen molar-refractivity contribution in [2.24, 2.45) is 11.7 Å². The zero-order chi connectivity index (χ0) is 25.5. The molecule has 8 nitrogen and oxygen atoms in total. The van der Waals surface area contributed by atoms with E-state index in [0.29, 0.717) is 12.8 Å². The molecule has 1 saturated heterocycles. The van der Waals surface area contributed by atoms with Crippen LogP contribution < -0.4 is 26.4 Å². The fourth-order valence-electron chi connectivity index (χ4n) is 5.34. The second-order valence-electron chi connectivity index (χ2n) is 9.87. The molecule has 0 aromatic heterocycles. The van der Waals surface area contributed by atoms with Crippen molar-refractivity contribution in [1.82, 2.24) is 16.0 Å². The summed E-state index contributed by atoms with van der Waals surface area (Å²) in [6.45, 7) is 1.13. The molecule has 194 valence electrons. The van der Waals surface area contributed by atoms with Crippen LogP contribution in [0.2, 0.25) is 0 Å². The summed E-state index contributed by atoms with van der Waals surface area (Å²) in [7, 11) is 1.66. The van der Waals surface area contributed by atoms with Gasteiger partial charge >= 0.3 is 0 Å². The molecule has 8 heteroatoms. The minimum Gasteiger partial charge on any atom is -0.497 e. The van der Waals surface area contributed by atoms with Crippen LogP contribution in [0.5, 0.6) is 5.75 Å². The van der Waals surface area contributed by atoms with Gasteiger partial charge in [-0.1, -0.05) is 49.2 Å². The van der Waals surface area contributed by atoms with Crippen molar-refractivity contribution in [2.45, 2.75) is 62.8 Å². The smallest absolute Gasteiger partial charge is 0.232 e. The molecule has 1 fully saturated rings. The van der Waals surface area contributed by atoms with Crippen molar-refractivity contribution in [3.63, 3.8) is 0 Å². The van der Waals surface area contributed by atoms with Gasteiger partial charge in [-0.25, -0.2) is 0 Å². The van der Waals surface area contributed by atoms with Gasteiger partial charge in [0.1, 0.15) is 11.7 Å². The Hall–Kier alpha value is -2.94. The Morgan fingerprint density at radius 2 is 1.83 bits per heavy atom. The number of hydrogen-bond donors (Lipinski definition) is 5. The summed E-state index contributed by atoms with van der Waals surface area (Å²) in [6, 6.07) is 15.6. The number of ether oxygens (including phenoxy) is 1. The van der Waals surface area contributed by atoms with Crippen molar-refractivity contribution in [1.29, 1.82) is 0 Å². The number of hydrogen-bond acceptors (Lipinski definition) is 6. The van der Waals surface area contributed by atoms with E-state index in [0.717, 1.165) is 43.5 Å². The molecule has 1 aliphatic carbocycles. The third kappa shape index (κ3) is 6.43. The maximum atomic E-state index is 13.1. The molecule has 2 amide bonds. The van der Waals surface area contributed by atoms with Gasteiger partial charge in [0, 0.05) is 18.6 Å². The number of fused-ring (bicyclic) bond motifs is 5. The number of primary amides is 1. The average molecular weight is 495 g/mol. The van der Waals surface area contributed by atoms with Gasteiger partial charge in [0.25, 0.3) is 0 Å². The molecular weight excluding hydrogens is 456 g/mol. The summed E-state index contributed by atoms with van der Waals surface area (Å²) in [4.78, 5) is 25.2. The quantitative estimate of drug-likeness (QED) is 0.415. The van der Waals surface area contributed by atoms with E-state index in [2.05, 4.69) is 28.1 Å². The summed E-state index contributed by atoms with van der Waals surface area (Å²) in [5.41, 5.74) is 9.00. The van der Waals surface area contributed by atoms with Crippen LogP contribution in [-0.2, 0) is 16.0 Å². The van der Waals surface area contributed by atoms with Crippen LogP contribution in [0.15, 0.2) is 48.5 Å². The van der Waals surface area contributed by atoms with Crippen LogP contribution in [-0.4, -0.2) is 49.3 Å². The number of rotatable bonds is 4. The third-order valence-electron chi connectivity index (χ3n) is 7.40. The Morgan fingerprint density at radius 1 is 1.06 bits per heavy atom. The van der Waals surface area contributed by atoms with E-state index in [4.69, 9.17) is 10.5 Å². The zero-order valence-electron chi connectivity index (χ0n) is 20.9. The minimum atomic E-state index is -0.905. The number of aliphatic hydroxyl groups is 1. The van der Waals surface area contributed by atoms with E-state index in [-0.39, 0.29) is 18.6 Å². The number of amides is 2. The molecule has 2 bridgehead atoms. The summed E-state index contributed by atoms with van der Waals surface area (Å²) >= 11 is 0. The average Bonchev–Trinajstić information content (AvgIpc) is 3.22. The molecule has 6 N–H and O–H groups in total. The summed E-state index contributed by atoms with van der Waals surface area (Å²) in [5, 5.41) is 21.4. The van der Waals surface area contributed by atoms with Crippen molar-refractivity contribution in [3.8, 4) is 5.75 Å². The van der Waals surface area contributed by atoms with E-state index in [1.807, 2.05) is 36.4 Å². The maximum Gasteiger partial charge on any atom is 0.232 e. The third-order valence-corrected chi connectivity index (χ3v) is 7.40. The number of nitrogens with two attached hydrogens (primary N) is 1. The van der Waals surface area contributed by atoms with Gasteiger partial charge < -0.3 is 31.5 Å². The number of aliphatic hydroxyl groups excluding tert-OH is 1. The monoisotopic (exact) mass is 494 g/mol. The van der Waals surface area contributed by atoms with E-state index >= 15 is 0 Å². The molecule has 1 heterocycles. The molecule has 36 heavy (non-hydrogen) atoms. The van der Waals surface area contributed by atoms with Gasteiger partial charge in [0.05, 0.1) is 19.3 Å². The number of benzene rings is 2. The van der Waals surface area contributed by atoms with Gasteiger partial charge in [-0.05, 0) is 61.1 Å². The Morgan fingerprint density at radius 3 is 2.58 bits per heavy atom. The first kappa shape index (κ1) is 26.1. The summed E-state index contributed by atoms with van der Waals surface area (Å²) < 4.78 is 5.46. The Kier molecular flexibility index (Phi) is 8.96. The molecule has 1 unspecified atom stereocenters. The highest BCUT2D eigenvalue weighted by atomic mass is 16.5. The highest BCUT2D eigenvalue weighted by Gasteiger charge is 2.33. The first-order valence-electron chi connectivity index (χ1n) is 12.9. The summed E-state index contributed by atoms with van der Waals surface area (Å²) in [6.07, 6.45) is 3.43. The van der Waals surface area contributed by atoms with E-state index in [1.54, 1.807) is 7.11 Å². The minimum absolute atomic E-state index is 0.0431. The lowest BCUT2D eigenvalue weighted by Crippen LogP contribution is -2.52. The van der Waals surface area contributed by atoms with E-state index in [1.165, 1.54) is 11.1 Å². The highest BCUT2D eigenvalue weighted by molar-refractivity contribution is 5.99. The molecule has 5 atom stereocenters. The molecule has 0 saturated carbocycles. The first-order valence-corrected chi connectivity index (χ1v) is 12.9. The lowest BCUT2D eigenvalue weighted by Gasteiger charge is -2.28. The second-order valence-corrected chi connectivity index (χ2v) is 9.87. The maximum absolute atomic E-state index is 13.1. The van der Waals surface area contributed by atoms with Crippen molar-refractivity contribution in [3.05, 3.63) is 65.2 Å². The second kappa shape index (κ2) is 12.3. The lowest BCUT2D eigenvalue weighted by atomic mass is 9.96. The normalized spacial score (nSPS) is 27.6. The largest absolute Gasteiger partial charge is 0.497 e. The van der Waals surface area contributed by atoms with E-state index in [9.17, 15) is 14.7 Å². The van der Waals surface area contributed by atoms with Crippen LogP contribution in [0.25, 0.3) is 0 Å². The van der Waals surface area contributed by atoms with Gasteiger partial charge in [0.2, 0.25) is 11.8 Å². The molecule has 2 aromatic carbocycles. The first-order chi connectivity index (χ1) is 17.5. The lowest BCUT2D eigenvalue weighted by molar-refractivity contribution is -0.134. The van der Waals surface area contributed by atoms with Crippen molar-refractivity contribution >= 4 is 11.8 Å². The van der Waals surface area contributed by atoms with E-state index < -0.39 is 29.9 Å². The number of methoxy groups -OCH3 is 1. The fraction of sp³-hybridized carbons (Fsp3) is 0.500. The molecule has 2 aliphatic rings. The zero-order valence-corrected chi connectivity index (χ0v) is 20.9. The van der Waals surface area contributed by atoms with Crippen molar-refractivity contribution in [2.75, 3.05) is 20.2 Å². The van der Waals surface area contributed by atoms with Crippen LogP contribution in [0.3, 0.4) is 0 Å². The van der Waals surface area contributed by atoms with Crippen molar-refractivity contribution < 1.29 is 19.4 Å². The molecule has 4 rings (SSSR count).